The van der Waals surface area contributed by atoms with E-state index in [9.17, 15) is 0 Å². The molecular weight excluding hydrogens is 270 g/mol. The fourth-order valence-electron chi connectivity index (χ4n) is 1.96. The number of para-hydroxylation sites is 1. The number of hydrogen-bond donors (Lipinski definition) is 0. The Kier molecular flexibility index (Phi) is 3.85. The fourth-order valence-corrected chi connectivity index (χ4v) is 3.56. The number of aromatic nitrogens is 1. The molecule has 96 valence electrons. The Labute approximate surface area is 121 Å². The number of rotatable bonds is 4. The summed E-state index contributed by atoms with van der Waals surface area (Å²) in [5.74, 6) is 2.26. The van der Waals surface area contributed by atoms with Crippen LogP contribution in [-0.2, 0) is 5.75 Å². The summed E-state index contributed by atoms with van der Waals surface area (Å²) in [6.45, 7) is 2.19. The maximum atomic E-state index is 4.69. The van der Waals surface area contributed by atoms with E-state index in [0.717, 1.165) is 16.3 Å². The predicted octanol–water partition coefficient (Wildman–Crippen LogP) is 5.22. The van der Waals surface area contributed by atoms with Gasteiger partial charge in [-0.25, -0.2) is 4.98 Å². The normalized spacial score (nSPS) is 11.0. The fraction of sp³-hybridized carbons (Fsp3) is 0.188. The molecule has 1 aromatic heterocycles. The Bertz CT molecular complexity index is 638. The van der Waals surface area contributed by atoms with E-state index in [4.69, 9.17) is 0 Å². The van der Waals surface area contributed by atoms with Crippen molar-refractivity contribution in [2.24, 2.45) is 0 Å². The maximum absolute atomic E-state index is 4.69. The van der Waals surface area contributed by atoms with Crippen LogP contribution in [-0.4, -0.2) is 10.7 Å². The van der Waals surface area contributed by atoms with Gasteiger partial charge in [0, 0.05) is 11.3 Å². The lowest BCUT2D eigenvalue weighted by atomic mass is 10.2. The van der Waals surface area contributed by atoms with Crippen LogP contribution in [0.15, 0.2) is 48.5 Å². The van der Waals surface area contributed by atoms with E-state index in [0.29, 0.717) is 0 Å². The molecule has 1 nitrogen and oxygen atoms in total. The van der Waals surface area contributed by atoms with Crippen LogP contribution in [0.3, 0.4) is 0 Å². The van der Waals surface area contributed by atoms with Gasteiger partial charge < -0.3 is 0 Å². The SMILES string of the molecule is CCSCc1ccc(-c2nc3ccccc3s2)cc1. The zero-order valence-corrected chi connectivity index (χ0v) is 12.4. The van der Waals surface area contributed by atoms with Gasteiger partial charge in [-0.05, 0) is 23.4 Å². The molecule has 0 amide bonds. The first-order valence-electron chi connectivity index (χ1n) is 6.39. The van der Waals surface area contributed by atoms with Crippen LogP contribution in [0, 0.1) is 0 Å². The molecular formula is C16H15NS2. The minimum atomic E-state index is 1.09. The molecule has 0 aliphatic rings. The molecule has 1 heterocycles. The molecule has 19 heavy (non-hydrogen) atoms. The van der Waals surface area contributed by atoms with E-state index in [1.54, 1.807) is 11.3 Å². The van der Waals surface area contributed by atoms with Gasteiger partial charge in [0.2, 0.25) is 0 Å². The Hall–Kier alpha value is -1.32. The quantitative estimate of drug-likeness (QED) is 0.652. The molecule has 0 aliphatic heterocycles. The van der Waals surface area contributed by atoms with Gasteiger partial charge in [-0.15, -0.1) is 11.3 Å². The Morgan fingerprint density at radius 2 is 1.84 bits per heavy atom. The highest BCUT2D eigenvalue weighted by Crippen LogP contribution is 2.30. The van der Waals surface area contributed by atoms with E-state index < -0.39 is 0 Å². The molecule has 2 aromatic carbocycles. The van der Waals surface area contributed by atoms with Crippen molar-refractivity contribution in [2.75, 3.05) is 5.75 Å². The van der Waals surface area contributed by atoms with Crippen LogP contribution in [0.5, 0.6) is 0 Å². The van der Waals surface area contributed by atoms with Crippen molar-refractivity contribution in [1.29, 1.82) is 0 Å². The minimum Gasteiger partial charge on any atom is -0.236 e. The highest BCUT2D eigenvalue weighted by Gasteiger charge is 2.05. The lowest BCUT2D eigenvalue weighted by Gasteiger charge is -2.01. The van der Waals surface area contributed by atoms with Crippen LogP contribution in [0.25, 0.3) is 20.8 Å². The first-order chi connectivity index (χ1) is 9.36. The molecule has 3 rings (SSSR count). The first kappa shape index (κ1) is 12.7. The highest BCUT2D eigenvalue weighted by molar-refractivity contribution is 7.98. The summed E-state index contributed by atoms with van der Waals surface area (Å²) in [5, 5.41) is 1.11. The first-order valence-corrected chi connectivity index (χ1v) is 8.36. The second-order valence-corrected chi connectivity index (χ2v) is 6.63. The molecule has 0 unspecified atom stereocenters. The molecule has 0 bridgehead atoms. The third kappa shape index (κ3) is 2.82. The average Bonchev–Trinajstić information content (AvgIpc) is 2.89. The third-order valence-electron chi connectivity index (χ3n) is 2.97. The molecule has 0 aliphatic carbocycles. The molecule has 0 radical (unpaired) electrons. The van der Waals surface area contributed by atoms with Gasteiger partial charge in [0.25, 0.3) is 0 Å². The van der Waals surface area contributed by atoms with Gasteiger partial charge in [0.05, 0.1) is 10.2 Å². The van der Waals surface area contributed by atoms with Gasteiger partial charge >= 0.3 is 0 Å². The van der Waals surface area contributed by atoms with Gasteiger partial charge in [-0.2, -0.15) is 11.8 Å². The molecule has 3 heteroatoms. The van der Waals surface area contributed by atoms with Crippen molar-refractivity contribution in [2.45, 2.75) is 12.7 Å². The number of nitrogens with zero attached hydrogens (tertiary/aromatic N) is 1. The van der Waals surface area contributed by atoms with Crippen molar-refractivity contribution < 1.29 is 0 Å². The van der Waals surface area contributed by atoms with Crippen molar-refractivity contribution in [1.82, 2.24) is 4.98 Å². The monoisotopic (exact) mass is 285 g/mol. The van der Waals surface area contributed by atoms with E-state index in [-0.39, 0.29) is 0 Å². The van der Waals surface area contributed by atoms with Crippen LogP contribution < -0.4 is 0 Å². The molecule has 0 fully saturated rings. The van der Waals surface area contributed by atoms with E-state index in [1.807, 2.05) is 17.8 Å². The number of hydrogen-bond acceptors (Lipinski definition) is 3. The highest BCUT2D eigenvalue weighted by atomic mass is 32.2. The largest absolute Gasteiger partial charge is 0.236 e. The number of thioether (sulfide) groups is 1. The van der Waals surface area contributed by atoms with E-state index in [2.05, 4.69) is 54.4 Å². The molecule has 3 aromatic rings. The van der Waals surface area contributed by atoms with Crippen molar-refractivity contribution >= 4 is 33.3 Å². The van der Waals surface area contributed by atoms with Crippen LogP contribution in [0.1, 0.15) is 12.5 Å². The summed E-state index contributed by atoms with van der Waals surface area (Å²) in [6, 6.07) is 17.1. The van der Waals surface area contributed by atoms with Crippen LogP contribution in [0.4, 0.5) is 0 Å². The molecule has 0 N–H and O–H groups in total. The van der Waals surface area contributed by atoms with Gasteiger partial charge in [0.15, 0.2) is 0 Å². The second-order valence-electron chi connectivity index (χ2n) is 4.32. The lowest BCUT2D eigenvalue weighted by Crippen LogP contribution is -1.82. The predicted molar refractivity (Wildman–Crippen MR) is 86.9 cm³/mol. The number of benzene rings is 2. The number of fused-ring (bicyclic) bond motifs is 1. The zero-order chi connectivity index (χ0) is 13.1. The molecule has 0 saturated carbocycles. The van der Waals surface area contributed by atoms with Crippen molar-refractivity contribution in [3.63, 3.8) is 0 Å². The summed E-state index contributed by atoms with van der Waals surface area (Å²) < 4.78 is 1.25. The van der Waals surface area contributed by atoms with Crippen molar-refractivity contribution in [3.8, 4) is 10.6 Å². The third-order valence-corrected chi connectivity index (χ3v) is 5.00. The Balaban J connectivity index is 1.88. The zero-order valence-electron chi connectivity index (χ0n) is 10.8. The molecule has 0 spiro atoms. The van der Waals surface area contributed by atoms with Crippen LogP contribution in [0.2, 0.25) is 0 Å². The minimum absolute atomic E-state index is 1.09. The maximum Gasteiger partial charge on any atom is 0.124 e. The topological polar surface area (TPSA) is 12.9 Å². The summed E-state index contributed by atoms with van der Waals surface area (Å²) in [7, 11) is 0. The second kappa shape index (κ2) is 5.76. The Morgan fingerprint density at radius 3 is 2.58 bits per heavy atom. The van der Waals surface area contributed by atoms with E-state index >= 15 is 0 Å². The van der Waals surface area contributed by atoms with E-state index in [1.165, 1.54) is 21.6 Å². The van der Waals surface area contributed by atoms with Gasteiger partial charge in [0.1, 0.15) is 5.01 Å². The standard InChI is InChI=1S/C16H15NS2/c1-2-18-11-12-7-9-13(10-8-12)16-17-14-5-3-4-6-15(14)19-16/h3-10H,2,11H2,1H3. The smallest absolute Gasteiger partial charge is 0.124 e. The summed E-state index contributed by atoms with van der Waals surface area (Å²) in [5.41, 5.74) is 3.69. The Morgan fingerprint density at radius 1 is 1.05 bits per heavy atom. The van der Waals surface area contributed by atoms with Gasteiger partial charge in [-0.1, -0.05) is 43.3 Å². The molecule has 0 saturated heterocycles. The summed E-state index contributed by atoms with van der Waals surface area (Å²) in [4.78, 5) is 4.69. The number of thiazole rings is 1. The van der Waals surface area contributed by atoms with Crippen molar-refractivity contribution in [3.05, 3.63) is 54.1 Å². The summed E-state index contributed by atoms with van der Waals surface area (Å²) >= 11 is 3.71. The average molecular weight is 285 g/mol. The van der Waals surface area contributed by atoms with Crippen LogP contribution >= 0.6 is 23.1 Å². The summed E-state index contributed by atoms with van der Waals surface area (Å²) in [6.07, 6.45) is 0. The molecule has 0 atom stereocenters. The van der Waals surface area contributed by atoms with Gasteiger partial charge in [-0.3, -0.25) is 0 Å². The lowest BCUT2D eigenvalue weighted by molar-refractivity contribution is 1.39.